The predicted octanol–water partition coefficient (Wildman–Crippen LogP) is 5.54. The van der Waals surface area contributed by atoms with Gasteiger partial charge in [-0.05, 0) is 76.4 Å². The van der Waals surface area contributed by atoms with Crippen molar-refractivity contribution in [2.45, 2.75) is 58.3 Å². The van der Waals surface area contributed by atoms with Gasteiger partial charge in [0.1, 0.15) is 11.6 Å². The fourth-order valence-corrected chi connectivity index (χ4v) is 7.24. The second-order valence-electron chi connectivity index (χ2n) is 8.88. The topological polar surface area (TPSA) is 20.2 Å². The highest BCUT2D eigenvalue weighted by Crippen LogP contribution is 2.80. The molecule has 0 aromatic heterocycles. The molecular weight excluding hydrogens is 331 g/mol. The molecule has 4 saturated carbocycles. The molecule has 1 aromatic rings. The molecule has 0 spiro atoms. The van der Waals surface area contributed by atoms with E-state index in [0.29, 0.717) is 20.7 Å². The summed E-state index contributed by atoms with van der Waals surface area (Å²) in [5, 5.41) is 10.5. The Morgan fingerprint density at radius 3 is 2.10 bits per heavy atom. The first kappa shape index (κ1) is 14.0. The van der Waals surface area contributed by atoms with Gasteiger partial charge in [0.2, 0.25) is 0 Å². The third-order valence-electron chi connectivity index (χ3n) is 6.91. The van der Waals surface area contributed by atoms with Crippen LogP contribution in [0.5, 0.6) is 5.75 Å². The largest absolute Gasteiger partial charge is 0.506 e. The van der Waals surface area contributed by atoms with E-state index in [1.54, 1.807) is 6.07 Å². The summed E-state index contributed by atoms with van der Waals surface area (Å²) in [6.07, 6.45) is 5.78. The first-order valence-electron chi connectivity index (χ1n) is 7.79. The normalized spacial score (nSPS) is 47.3. The van der Waals surface area contributed by atoms with E-state index in [2.05, 4.69) is 36.7 Å². The van der Waals surface area contributed by atoms with Crippen molar-refractivity contribution in [2.24, 2.45) is 16.2 Å². The summed E-state index contributed by atoms with van der Waals surface area (Å²) in [4.78, 5) is 0. The van der Waals surface area contributed by atoms with Gasteiger partial charge in [-0.2, -0.15) is 0 Å². The van der Waals surface area contributed by atoms with Gasteiger partial charge < -0.3 is 5.11 Å². The SMILES string of the molecule is CC12CC3(c4cc(F)cc(Br)c4O)CC(C)(C1)C(C)(C2)C3. The molecule has 3 heteroatoms. The molecule has 1 aromatic carbocycles. The summed E-state index contributed by atoms with van der Waals surface area (Å²) in [7, 11) is 0. The highest BCUT2D eigenvalue weighted by molar-refractivity contribution is 9.10. The number of phenolic OH excluding ortho intramolecular Hbond substituents is 1. The third-order valence-corrected chi connectivity index (χ3v) is 7.52. The second kappa shape index (κ2) is 3.67. The number of phenols is 1. The molecule has 21 heavy (non-hydrogen) atoms. The summed E-state index contributed by atoms with van der Waals surface area (Å²) in [6, 6.07) is 2.93. The van der Waals surface area contributed by atoms with E-state index in [-0.39, 0.29) is 17.0 Å². The van der Waals surface area contributed by atoms with Crippen LogP contribution in [0.2, 0.25) is 0 Å². The molecule has 2 atom stereocenters. The molecule has 0 amide bonds. The molecule has 1 N–H and O–H groups in total. The fraction of sp³-hybridized carbons (Fsp3) is 0.667. The number of hydrogen-bond donors (Lipinski definition) is 1. The highest BCUT2D eigenvalue weighted by atomic mass is 79.9. The minimum absolute atomic E-state index is 0.0521. The maximum atomic E-state index is 13.9. The maximum absolute atomic E-state index is 13.9. The number of aromatic hydroxyl groups is 1. The molecule has 5 rings (SSSR count). The number of hydrogen-bond acceptors (Lipinski definition) is 1. The molecule has 4 bridgehead atoms. The molecule has 0 heterocycles. The summed E-state index contributed by atoms with van der Waals surface area (Å²) >= 11 is 3.31. The molecule has 0 saturated heterocycles. The lowest BCUT2D eigenvalue weighted by molar-refractivity contribution is 0.108. The van der Waals surface area contributed by atoms with E-state index in [1.807, 2.05) is 0 Å². The van der Waals surface area contributed by atoms with Gasteiger partial charge in [-0.25, -0.2) is 4.39 Å². The van der Waals surface area contributed by atoms with Crippen LogP contribution in [0, 0.1) is 22.1 Å². The Balaban J connectivity index is 1.91. The molecule has 114 valence electrons. The number of halogens is 2. The number of rotatable bonds is 1. The standard InChI is InChI=1S/C18H22BrFO/c1-15-6-16(2)9-18(8-15,10-17(16,3)7-15)12-4-11(20)5-13(19)14(12)21/h4-5,21H,6-10H2,1-3H3. The van der Waals surface area contributed by atoms with E-state index < -0.39 is 0 Å². The van der Waals surface area contributed by atoms with Crippen LogP contribution in [0.3, 0.4) is 0 Å². The number of benzene rings is 1. The van der Waals surface area contributed by atoms with Crippen LogP contribution in [-0.2, 0) is 5.41 Å². The lowest BCUT2D eigenvalue weighted by Crippen LogP contribution is -2.39. The monoisotopic (exact) mass is 352 g/mol. The Bertz CT molecular complexity index is 635. The van der Waals surface area contributed by atoms with Crippen molar-refractivity contribution in [1.82, 2.24) is 0 Å². The van der Waals surface area contributed by atoms with E-state index in [4.69, 9.17) is 0 Å². The summed E-state index contributed by atoms with van der Waals surface area (Å²) in [5.74, 6) is -0.0126. The Kier molecular flexibility index (Phi) is 2.45. The minimum atomic E-state index is -0.257. The molecular formula is C18H22BrFO. The average molecular weight is 353 g/mol. The Morgan fingerprint density at radius 2 is 1.57 bits per heavy atom. The zero-order valence-corrected chi connectivity index (χ0v) is 14.5. The molecule has 2 unspecified atom stereocenters. The first-order valence-corrected chi connectivity index (χ1v) is 8.58. The van der Waals surface area contributed by atoms with Crippen molar-refractivity contribution in [3.8, 4) is 5.75 Å². The zero-order valence-electron chi connectivity index (χ0n) is 12.9. The zero-order chi connectivity index (χ0) is 15.3. The highest BCUT2D eigenvalue weighted by Gasteiger charge is 2.71. The lowest BCUT2D eigenvalue weighted by atomic mass is 9.57. The van der Waals surface area contributed by atoms with Crippen LogP contribution in [0.1, 0.15) is 58.4 Å². The van der Waals surface area contributed by atoms with E-state index >= 15 is 0 Å². The smallest absolute Gasteiger partial charge is 0.133 e. The molecule has 4 aliphatic carbocycles. The minimum Gasteiger partial charge on any atom is -0.506 e. The average Bonchev–Trinajstić information content (AvgIpc) is 2.55. The maximum Gasteiger partial charge on any atom is 0.133 e. The molecule has 0 aliphatic heterocycles. The molecule has 0 radical (unpaired) electrons. The van der Waals surface area contributed by atoms with Crippen LogP contribution in [-0.4, -0.2) is 5.11 Å². The van der Waals surface area contributed by atoms with Crippen LogP contribution in [0.25, 0.3) is 0 Å². The van der Waals surface area contributed by atoms with Gasteiger partial charge in [0.05, 0.1) is 4.47 Å². The summed E-state index contributed by atoms with van der Waals surface area (Å²) in [5.41, 5.74) is 1.76. The Morgan fingerprint density at radius 1 is 1.00 bits per heavy atom. The molecule has 4 fully saturated rings. The van der Waals surface area contributed by atoms with Crippen molar-refractivity contribution >= 4 is 15.9 Å². The molecule has 1 nitrogen and oxygen atoms in total. The lowest BCUT2D eigenvalue weighted by Gasteiger charge is -2.47. The Hall–Kier alpha value is -0.570. The first-order chi connectivity index (χ1) is 9.61. The van der Waals surface area contributed by atoms with Gasteiger partial charge in [-0.1, -0.05) is 20.8 Å². The predicted molar refractivity (Wildman–Crippen MR) is 84.8 cm³/mol. The van der Waals surface area contributed by atoms with Crippen LogP contribution >= 0.6 is 15.9 Å². The Labute approximate surface area is 134 Å². The van der Waals surface area contributed by atoms with E-state index in [1.165, 1.54) is 18.9 Å². The van der Waals surface area contributed by atoms with Crippen molar-refractivity contribution < 1.29 is 9.50 Å². The molecule has 4 aliphatic rings. The van der Waals surface area contributed by atoms with Crippen molar-refractivity contribution in [3.05, 3.63) is 28.0 Å². The fourth-order valence-electron chi connectivity index (χ4n) is 6.80. The van der Waals surface area contributed by atoms with E-state index in [9.17, 15) is 9.50 Å². The van der Waals surface area contributed by atoms with Gasteiger partial charge in [0, 0.05) is 11.0 Å². The van der Waals surface area contributed by atoms with Crippen LogP contribution in [0.4, 0.5) is 4.39 Å². The quantitative estimate of drug-likeness (QED) is 0.703. The second-order valence-corrected chi connectivity index (χ2v) is 9.73. The van der Waals surface area contributed by atoms with Gasteiger partial charge >= 0.3 is 0 Å². The van der Waals surface area contributed by atoms with Gasteiger partial charge in [0.15, 0.2) is 0 Å². The van der Waals surface area contributed by atoms with Crippen molar-refractivity contribution in [3.63, 3.8) is 0 Å². The van der Waals surface area contributed by atoms with Crippen molar-refractivity contribution in [2.75, 3.05) is 0 Å². The summed E-state index contributed by atoms with van der Waals surface area (Å²) in [6.45, 7) is 7.20. The van der Waals surface area contributed by atoms with E-state index in [0.717, 1.165) is 24.8 Å². The van der Waals surface area contributed by atoms with Crippen LogP contribution in [0.15, 0.2) is 16.6 Å². The van der Waals surface area contributed by atoms with Gasteiger partial charge in [-0.15, -0.1) is 0 Å². The van der Waals surface area contributed by atoms with Gasteiger partial charge in [0.25, 0.3) is 0 Å². The van der Waals surface area contributed by atoms with Crippen molar-refractivity contribution in [1.29, 1.82) is 0 Å². The van der Waals surface area contributed by atoms with Crippen LogP contribution < -0.4 is 0 Å². The summed E-state index contributed by atoms with van der Waals surface area (Å²) < 4.78 is 14.4. The van der Waals surface area contributed by atoms with Gasteiger partial charge in [-0.3, -0.25) is 0 Å². The third kappa shape index (κ3) is 1.62.